The lowest BCUT2D eigenvalue weighted by atomic mass is 9.34. The number of hydrogen-bond donors (Lipinski definition) is 0. The lowest BCUT2D eigenvalue weighted by Gasteiger charge is -2.42. The summed E-state index contributed by atoms with van der Waals surface area (Å²) in [4.78, 5) is 2.60. The first kappa shape index (κ1) is 50.3. The highest BCUT2D eigenvalue weighted by molar-refractivity contribution is 6.99. The number of aromatic nitrogens is 3. The van der Waals surface area contributed by atoms with Gasteiger partial charge in [-0.15, -0.1) is 0 Å². The molecule has 0 atom stereocenters. The third-order valence-corrected chi connectivity index (χ3v) is 19.1. The fraction of sp³-hybridized carbons (Fsp3) is 0. The van der Waals surface area contributed by atoms with Crippen molar-refractivity contribution >= 4 is 106 Å². The minimum Gasteiger partial charge on any atom is -0.458 e. The summed E-state index contributed by atoms with van der Waals surface area (Å²) in [6.07, 6.45) is 0. The van der Waals surface area contributed by atoms with Gasteiger partial charge in [0, 0.05) is 72.3 Å². The first-order valence-electron chi connectivity index (χ1n) is 31.0. The van der Waals surface area contributed by atoms with E-state index in [0.717, 1.165) is 112 Å². The van der Waals surface area contributed by atoms with E-state index >= 15 is 0 Å². The highest BCUT2D eigenvalue weighted by atomic mass is 16.5. The van der Waals surface area contributed by atoms with Gasteiger partial charge in [-0.25, -0.2) is 0 Å². The SMILES string of the molecule is c1ccc(-c2cccc(-c3ccccc3)c2N2c3cc(-c4ccc5c(c4)c4ccccc4n5-c4ccccc4)ccc3B3c4ccc(-c5ccc6c(c5)c5ccccc5n6-c5ccccc5)cc4Oc4cc(-n5c6ccccc6c6ccccc65)cc2c43)cc1. The summed E-state index contributed by atoms with van der Waals surface area (Å²) in [6, 6.07) is 118. The van der Waals surface area contributed by atoms with Gasteiger partial charge in [0.25, 0.3) is 6.71 Å². The lowest BCUT2D eigenvalue weighted by molar-refractivity contribution is 0.487. The summed E-state index contributed by atoms with van der Waals surface area (Å²) in [5, 5.41) is 7.27. The van der Waals surface area contributed by atoms with E-state index in [-0.39, 0.29) is 6.71 Å². The Morgan fingerprint density at radius 2 is 0.644 bits per heavy atom. The third kappa shape index (κ3) is 7.58. The summed E-state index contributed by atoms with van der Waals surface area (Å²) >= 11 is 0. The van der Waals surface area contributed by atoms with Gasteiger partial charge in [-0.3, -0.25) is 0 Å². The Bertz CT molecular complexity index is 5660. The van der Waals surface area contributed by atoms with Gasteiger partial charge < -0.3 is 23.3 Å². The van der Waals surface area contributed by atoms with Gasteiger partial charge in [0.1, 0.15) is 11.5 Å². The summed E-state index contributed by atoms with van der Waals surface area (Å²) in [7, 11) is 0. The molecule has 0 unspecified atom stereocenters. The third-order valence-electron chi connectivity index (χ3n) is 19.1. The Morgan fingerprint density at radius 1 is 0.244 bits per heavy atom. The fourth-order valence-corrected chi connectivity index (χ4v) is 15.2. The molecule has 0 fully saturated rings. The maximum Gasteiger partial charge on any atom is 0.256 e. The van der Waals surface area contributed by atoms with Crippen molar-refractivity contribution in [2.45, 2.75) is 0 Å². The molecule has 418 valence electrons. The van der Waals surface area contributed by atoms with Gasteiger partial charge in [-0.05, 0) is 141 Å². The number of hydrogen-bond acceptors (Lipinski definition) is 2. The molecule has 0 saturated carbocycles. The molecule has 90 heavy (non-hydrogen) atoms. The molecule has 0 spiro atoms. The van der Waals surface area contributed by atoms with E-state index in [9.17, 15) is 0 Å². The van der Waals surface area contributed by atoms with Crippen molar-refractivity contribution < 1.29 is 4.74 Å². The maximum absolute atomic E-state index is 7.65. The number of rotatable bonds is 8. The first-order valence-corrected chi connectivity index (χ1v) is 31.0. The van der Waals surface area contributed by atoms with Crippen LogP contribution in [0, 0.1) is 0 Å². The molecule has 0 saturated heterocycles. The van der Waals surface area contributed by atoms with Gasteiger partial charge in [0.2, 0.25) is 0 Å². The Morgan fingerprint density at radius 3 is 1.16 bits per heavy atom. The van der Waals surface area contributed by atoms with Crippen LogP contribution >= 0.6 is 0 Å². The molecule has 0 N–H and O–H groups in total. The zero-order valence-electron chi connectivity index (χ0n) is 48.9. The molecule has 17 aromatic rings. The monoisotopic (exact) mass is 1140 g/mol. The Kier molecular flexibility index (Phi) is 11.1. The van der Waals surface area contributed by atoms with Gasteiger partial charge in [-0.1, -0.05) is 224 Å². The van der Waals surface area contributed by atoms with Crippen LogP contribution in [-0.2, 0) is 0 Å². The van der Waals surface area contributed by atoms with Crippen LogP contribution in [0.15, 0.2) is 322 Å². The van der Waals surface area contributed by atoms with E-state index < -0.39 is 0 Å². The zero-order valence-corrected chi connectivity index (χ0v) is 48.9. The first-order chi connectivity index (χ1) is 44.7. The van der Waals surface area contributed by atoms with Crippen molar-refractivity contribution in [3.8, 4) is 73.1 Å². The van der Waals surface area contributed by atoms with Crippen molar-refractivity contribution in [3.05, 3.63) is 322 Å². The van der Waals surface area contributed by atoms with E-state index in [0.29, 0.717) is 0 Å². The number of anilines is 3. The van der Waals surface area contributed by atoms with E-state index in [1.165, 1.54) is 59.8 Å². The Balaban J connectivity index is 0.883. The van der Waals surface area contributed by atoms with Crippen LogP contribution in [0.1, 0.15) is 0 Å². The molecule has 2 aliphatic rings. The van der Waals surface area contributed by atoms with Gasteiger partial charge >= 0.3 is 0 Å². The largest absolute Gasteiger partial charge is 0.458 e. The summed E-state index contributed by atoms with van der Waals surface area (Å²) < 4.78 is 14.9. The van der Waals surface area contributed by atoms with Crippen LogP contribution in [0.2, 0.25) is 0 Å². The Hall–Kier alpha value is -11.9. The number of nitrogens with zero attached hydrogens (tertiary/aromatic N) is 4. The minimum atomic E-state index is -0.193. The predicted octanol–water partition coefficient (Wildman–Crippen LogP) is 20.1. The highest BCUT2D eigenvalue weighted by Crippen LogP contribution is 2.51. The van der Waals surface area contributed by atoms with Crippen molar-refractivity contribution in [1.82, 2.24) is 13.7 Å². The second-order valence-electron chi connectivity index (χ2n) is 23.9. The van der Waals surface area contributed by atoms with Crippen LogP contribution in [0.25, 0.3) is 127 Å². The topological polar surface area (TPSA) is 27.3 Å². The van der Waals surface area contributed by atoms with Crippen molar-refractivity contribution in [2.75, 3.05) is 4.90 Å². The van der Waals surface area contributed by atoms with E-state index in [2.05, 4.69) is 340 Å². The number of ether oxygens (including phenoxy) is 1. The van der Waals surface area contributed by atoms with E-state index in [4.69, 9.17) is 4.74 Å². The van der Waals surface area contributed by atoms with Crippen LogP contribution in [0.5, 0.6) is 11.5 Å². The molecule has 5 heterocycles. The molecule has 14 aromatic carbocycles. The average Bonchev–Trinajstić information content (AvgIpc) is 3.66. The average molecular weight is 1150 g/mol. The Labute approximate surface area is 520 Å². The normalized spacial score (nSPS) is 12.5. The minimum absolute atomic E-state index is 0.193. The van der Waals surface area contributed by atoms with Crippen LogP contribution in [0.3, 0.4) is 0 Å². The van der Waals surface area contributed by atoms with E-state index in [1.807, 2.05) is 0 Å². The molecule has 3 aromatic heterocycles. The molecule has 0 aliphatic carbocycles. The van der Waals surface area contributed by atoms with Crippen molar-refractivity contribution in [3.63, 3.8) is 0 Å². The zero-order chi connectivity index (χ0) is 59.0. The van der Waals surface area contributed by atoms with Crippen LogP contribution in [0.4, 0.5) is 17.1 Å². The van der Waals surface area contributed by atoms with Gasteiger partial charge in [0.15, 0.2) is 0 Å². The molecule has 2 aliphatic heterocycles. The number of fused-ring (bicyclic) bond motifs is 13. The van der Waals surface area contributed by atoms with Crippen molar-refractivity contribution in [2.24, 2.45) is 0 Å². The van der Waals surface area contributed by atoms with Gasteiger partial charge in [0.05, 0.1) is 44.5 Å². The summed E-state index contributed by atoms with van der Waals surface area (Å²) in [6.45, 7) is -0.193. The molecular formula is C84H53BN4O. The smallest absolute Gasteiger partial charge is 0.256 e. The molecule has 0 amide bonds. The highest BCUT2D eigenvalue weighted by Gasteiger charge is 2.44. The summed E-state index contributed by atoms with van der Waals surface area (Å²) in [5.74, 6) is 1.68. The number of para-hydroxylation sites is 7. The summed E-state index contributed by atoms with van der Waals surface area (Å²) in [5.41, 5.74) is 26.0. The molecule has 19 rings (SSSR count). The molecule has 5 nitrogen and oxygen atoms in total. The molecule has 0 radical (unpaired) electrons. The quantitative estimate of drug-likeness (QED) is 0.142. The standard InChI is InChI=1S/C84H53BN4O/c1-5-22-54(23-6-1)63-34-21-35-64(55-24-7-2-8-25-55)84(63)89-79-50-58(56-42-46-77-69(48-56)67-32-15-19-38-75(67)86(77)60-26-9-3-10-27-60)40-44-71(79)85-72-45-41-59(57-43-47-78-70(49-57)68-33-16-20-39-76(68)87(78)61-28-11-4-12-29-61)51-81(72)90-82-53-62(52-80(89)83(82)85)88-73-36-17-13-30-65(73)66-31-14-18-37-74(66)88/h1-53H. The van der Waals surface area contributed by atoms with E-state index in [1.54, 1.807) is 0 Å². The number of benzene rings is 14. The predicted molar refractivity (Wildman–Crippen MR) is 377 cm³/mol. The lowest BCUT2D eigenvalue weighted by Crippen LogP contribution is -2.59. The molecule has 0 bridgehead atoms. The van der Waals surface area contributed by atoms with Crippen LogP contribution < -0.4 is 26.0 Å². The van der Waals surface area contributed by atoms with Gasteiger partial charge in [-0.2, -0.15) is 0 Å². The maximum atomic E-state index is 7.65. The van der Waals surface area contributed by atoms with Crippen molar-refractivity contribution in [1.29, 1.82) is 0 Å². The fourth-order valence-electron chi connectivity index (χ4n) is 15.2. The molecule has 6 heteroatoms. The molecular weight excluding hydrogens is 1090 g/mol. The second-order valence-corrected chi connectivity index (χ2v) is 23.9. The van der Waals surface area contributed by atoms with Crippen LogP contribution in [-0.4, -0.2) is 20.4 Å². The second kappa shape index (κ2) is 19.8.